The van der Waals surface area contributed by atoms with Crippen molar-refractivity contribution in [2.24, 2.45) is 11.8 Å². The van der Waals surface area contributed by atoms with E-state index in [4.69, 9.17) is 4.74 Å². The van der Waals surface area contributed by atoms with Crippen LogP contribution in [-0.2, 0) is 11.3 Å². The summed E-state index contributed by atoms with van der Waals surface area (Å²) in [7, 11) is 1.68. The zero-order valence-corrected chi connectivity index (χ0v) is 14.0. The molecule has 3 atom stereocenters. The molecular weight excluding hydrogens is 320 g/mol. The second-order valence-corrected chi connectivity index (χ2v) is 6.59. The van der Waals surface area contributed by atoms with E-state index in [1.165, 1.54) is 19.3 Å². The summed E-state index contributed by atoms with van der Waals surface area (Å²) in [6.45, 7) is 3.53. The summed E-state index contributed by atoms with van der Waals surface area (Å²) in [6, 6.07) is 0. The molecule has 1 heterocycles. The molecule has 0 spiro atoms. The molecule has 0 saturated heterocycles. The monoisotopic (exact) mass is 344 g/mol. The van der Waals surface area contributed by atoms with E-state index in [0.29, 0.717) is 19.1 Å². The van der Waals surface area contributed by atoms with Gasteiger partial charge in [0, 0.05) is 7.11 Å². The van der Waals surface area contributed by atoms with Crippen molar-refractivity contribution in [3.8, 4) is 0 Å². The van der Waals surface area contributed by atoms with Crippen LogP contribution in [0.1, 0.15) is 50.8 Å². The van der Waals surface area contributed by atoms with Crippen LogP contribution in [0.15, 0.2) is 10.7 Å². The SMILES string of the molecule is CCC1CCCC(C(O)c2c(Br)cnn2CCOC)C1. The van der Waals surface area contributed by atoms with E-state index in [-0.39, 0.29) is 0 Å². The number of methoxy groups -OCH3 is 1. The van der Waals surface area contributed by atoms with Crippen molar-refractivity contribution in [3.05, 3.63) is 16.4 Å². The van der Waals surface area contributed by atoms with Gasteiger partial charge in [-0.2, -0.15) is 5.10 Å². The van der Waals surface area contributed by atoms with Crippen LogP contribution in [0.4, 0.5) is 0 Å². The van der Waals surface area contributed by atoms with Crippen LogP contribution in [0.3, 0.4) is 0 Å². The number of rotatable bonds is 6. The van der Waals surface area contributed by atoms with Gasteiger partial charge in [-0.25, -0.2) is 0 Å². The molecule has 2 rings (SSSR count). The number of hydrogen-bond acceptors (Lipinski definition) is 3. The lowest BCUT2D eigenvalue weighted by Crippen LogP contribution is -2.24. The lowest BCUT2D eigenvalue weighted by Gasteiger charge is -2.32. The Hall–Kier alpha value is -0.390. The van der Waals surface area contributed by atoms with E-state index in [1.54, 1.807) is 13.3 Å². The van der Waals surface area contributed by atoms with Gasteiger partial charge >= 0.3 is 0 Å². The highest BCUT2D eigenvalue weighted by Crippen LogP contribution is 2.40. The van der Waals surface area contributed by atoms with Crippen LogP contribution in [-0.4, -0.2) is 28.6 Å². The van der Waals surface area contributed by atoms with E-state index in [1.807, 2.05) is 4.68 Å². The molecule has 0 amide bonds. The maximum atomic E-state index is 10.8. The van der Waals surface area contributed by atoms with Gasteiger partial charge in [-0.05, 0) is 40.6 Å². The second kappa shape index (κ2) is 7.57. The quantitative estimate of drug-likeness (QED) is 0.858. The summed E-state index contributed by atoms with van der Waals surface area (Å²) < 4.78 is 7.88. The van der Waals surface area contributed by atoms with Gasteiger partial charge in [-0.1, -0.05) is 26.2 Å². The molecule has 0 aromatic carbocycles. The van der Waals surface area contributed by atoms with E-state index < -0.39 is 6.10 Å². The van der Waals surface area contributed by atoms with Crippen LogP contribution < -0.4 is 0 Å². The van der Waals surface area contributed by atoms with Gasteiger partial charge < -0.3 is 9.84 Å². The van der Waals surface area contributed by atoms with Crippen LogP contribution in [0, 0.1) is 11.8 Å². The fraction of sp³-hybridized carbons (Fsp3) is 0.800. The maximum absolute atomic E-state index is 10.8. The number of aromatic nitrogens is 2. The Morgan fingerprint density at radius 3 is 3.05 bits per heavy atom. The van der Waals surface area contributed by atoms with Crippen LogP contribution >= 0.6 is 15.9 Å². The first-order valence-electron chi connectivity index (χ1n) is 7.55. The molecule has 114 valence electrons. The molecule has 1 fully saturated rings. The summed E-state index contributed by atoms with van der Waals surface area (Å²) in [6.07, 6.45) is 7.33. The predicted molar refractivity (Wildman–Crippen MR) is 82.5 cm³/mol. The van der Waals surface area contributed by atoms with Crippen molar-refractivity contribution in [2.75, 3.05) is 13.7 Å². The third-order valence-corrected chi connectivity index (χ3v) is 5.08. The Balaban J connectivity index is 2.11. The van der Waals surface area contributed by atoms with Crippen LogP contribution in [0.5, 0.6) is 0 Å². The molecular formula is C15H25BrN2O2. The van der Waals surface area contributed by atoms with Gasteiger partial charge in [-0.15, -0.1) is 0 Å². The largest absolute Gasteiger partial charge is 0.386 e. The van der Waals surface area contributed by atoms with Crippen LogP contribution in [0.2, 0.25) is 0 Å². The third-order valence-electron chi connectivity index (χ3n) is 4.47. The Labute approximate surface area is 129 Å². The Morgan fingerprint density at radius 1 is 1.55 bits per heavy atom. The lowest BCUT2D eigenvalue weighted by molar-refractivity contribution is 0.0586. The second-order valence-electron chi connectivity index (χ2n) is 5.74. The first-order valence-corrected chi connectivity index (χ1v) is 8.34. The summed E-state index contributed by atoms with van der Waals surface area (Å²) in [4.78, 5) is 0. The van der Waals surface area contributed by atoms with Gasteiger partial charge in [-0.3, -0.25) is 4.68 Å². The number of nitrogens with zero attached hydrogens (tertiary/aromatic N) is 2. The molecule has 1 aliphatic rings. The molecule has 1 aromatic heterocycles. The molecule has 1 aromatic rings. The highest BCUT2D eigenvalue weighted by Gasteiger charge is 2.30. The number of halogens is 1. The fourth-order valence-electron chi connectivity index (χ4n) is 3.24. The van der Waals surface area contributed by atoms with Gasteiger partial charge in [0.05, 0.1) is 35.6 Å². The molecule has 5 heteroatoms. The van der Waals surface area contributed by atoms with Crippen molar-refractivity contribution >= 4 is 15.9 Å². The zero-order chi connectivity index (χ0) is 14.5. The summed E-state index contributed by atoms with van der Waals surface area (Å²) in [5, 5.41) is 15.1. The molecule has 3 unspecified atom stereocenters. The molecule has 1 aliphatic carbocycles. The predicted octanol–water partition coefficient (Wildman–Crippen LogP) is 3.54. The number of hydrogen-bond donors (Lipinski definition) is 1. The summed E-state index contributed by atoms with van der Waals surface area (Å²) in [5.74, 6) is 1.11. The Bertz CT molecular complexity index is 422. The standard InChI is InChI=1S/C15H25BrN2O2/c1-3-11-5-4-6-12(9-11)15(19)14-13(16)10-17-18(14)7-8-20-2/h10-12,15,19H,3-9H2,1-2H3. The lowest BCUT2D eigenvalue weighted by atomic mass is 9.77. The van der Waals surface area contributed by atoms with E-state index in [2.05, 4.69) is 28.0 Å². The smallest absolute Gasteiger partial charge is 0.0996 e. The molecule has 4 nitrogen and oxygen atoms in total. The third kappa shape index (κ3) is 3.62. The van der Waals surface area contributed by atoms with Gasteiger partial charge in [0.1, 0.15) is 0 Å². The summed E-state index contributed by atoms with van der Waals surface area (Å²) in [5.41, 5.74) is 0.906. The van der Waals surface area contributed by atoms with Crippen molar-refractivity contribution in [2.45, 2.75) is 51.7 Å². The van der Waals surface area contributed by atoms with Crippen LogP contribution in [0.25, 0.3) is 0 Å². The average Bonchev–Trinajstić information content (AvgIpc) is 2.85. The van der Waals surface area contributed by atoms with Crippen molar-refractivity contribution in [1.82, 2.24) is 9.78 Å². The minimum atomic E-state index is -0.432. The number of aliphatic hydroxyl groups excluding tert-OH is 1. The molecule has 20 heavy (non-hydrogen) atoms. The number of aliphatic hydroxyl groups is 1. The van der Waals surface area contributed by atoms with E-state index in [9.17, 15) is 5.11 Å². The minimum absolute atomic E-state index is 0.350. The maximum Gasteiger partial charge on any atom is 0.0996 e. The Kier molecular flexibility index (Phi) is 6.05. The highest BCUT2D eigenvalue weighted by atomic mass is 79.9. The van der Waals surface area contributed by atoms with Crippen molar-refractivity contribution < 1.29 is 9.84 Å². The van der Waals surface area contributed by atoms with Crippen molar-refractivity contribution in [1.29, 1.82) is 0 Å². The molecule has 0 radical (unpaired) electrons. The molecule has 0 aliphatic heterocycles. The number of ether oxygens (including phenoxy) is 1. The highest BCUT2D eigenvalue weighted by molar-refractivity contribution is 9.10. The van der Waals surface area contributed by atoms with E-state index in [0.717, 1.165) is 28.9 Å². The normalized spacial score (nSPS) is 24.8. The van der Waals surface area contributed by atoms with Gasteiger partial charge in [0.15, 0.2) is 0 Å². The topological polar surface area (TPSA) is 47.3 Å². The first kappa shape index (κ1) is 16.0. The Morgan fingerprint density at radius 2 is 2.35 bits per heavy atom. The summed E-state index contributed by atoms with van der Waals surface area (Å²) >= 11 is 3.52. The molecule has 1 N–H and O–H groups in total. The van der Waals surface area contributed by atoms with Gasteiger partial charge in [0.2, 0.25) is 0 Å². The molecule has 0 bridgehead atoms. The first-order chi connectivity index (χ1) is 9.67. The molecule has 1 saturated carbocycles. The minimum Gasteiger partial charge on any atom is -0.386 e. The fourth-order valence-corrected chi connectivity index (χ4v) is 3.77. The van der Waals surface area contributed by atoms with E-state index >= 15 is 0 Å². The van der Waals surface area contributed by atoms with Gasteiger partial charge in [0.25, 0.3) is 0 Å². The van der Waals surface area contributed by atoms with Crippen molar-refractivity contribution in [3.63, 3.8) is 0 Å². The average molecular weight is 345 g/mol. The zero-order valence-electron chi connectivity index (χ0n) is 12.4.